The molecule has 1 N–H and O–H groups in total. The van der Waals surface area contributed by atoms with E-state index in [1.54, 1.807) is 17.7 Å². The van der Waals surface area contributed by atoms with E-state index in [1.165, 1.54) is 6.92 Å². The van der Waals surface area contributed by atoms with Gasteiger partial charge in [0.1, 0.15) is 11.2 Å². The summed E-state index contributed by atoms with van der Waals surface area (Å²) >= 11 is 1.59. The van der Waals surface area contributed by atoms with Crippen molar-refractivity contribution in [3.8, 4) is 11.3 Å². The Kier molecular flexibility index (Phi) is 2.97. The van der Waals surface area contributed by atoms with Gasteiger partial charge in [-0.05, 0) is 23.6 Å². The molecule has 2 heterocycles. The van der Waals surface area contributed by atoms with Crippen LogP contribution in [0, 0.1) is 0 Å². The summed E-state index contributed by atoms with van der Waals surface area (Å²) in [6.07, 6.45) is 1.57. The molecule has 3 rings (SSSR count). The second-order valence-corrected chi connectivity index (χ2v) is 5.02. The van der Waals surface area contributed by atoms with E-state index in [0.717, 1.165) is 27.2 Å². The number of nitrogens with one attached hydrogen (secondary N) is 1. The van der Waals surface area contributed by atoms with Crippen molar-refractivity contribution >= 4 is 33.1 Å². The van der Waals surface area contributed by atoms with Crippen LogP contribution in [0.3, 0.4) is 0 Å². The quantitative estimate of drug-likeness (QED) is 0.776. The Morgan fingerprint density at radius 2 is 2.16 bits per heavy atom. The van der Waals surface area contributed by atoms with E-state index in [2.05, 4.69) is 15.3 Å². The maximum Gasteiger partial charge on any atom is 0.221 e. The van der Waals surface area contributed by atoms with E-state index in [-0.39, 0.29) is 5.91 Å². The predicted molar refractivity (Wildman–Crippen MR) is 77.2 cm³/mol. The van der Waals surface area contributed by atoms with Gasteiger partial charge in [0.25, 0.3) is 0 Å². The lowest BCUT2D eigenvalue weighted by Gasteiger charge is -2.06. The fourth-order valence-corrected chi connectivity index (χ4v) is 2.70. The Morgan fingerprint density at radius 3 is 3.00 bits per heavy atom. The minimum Gasteiger partial charge on any atom is -0.326 e. The smallest absolute Gasteiger partial charge is 0.221 e. The Morgan fingerprint density at radius 1 is 1.26 bits per heavy atom. The van der Waals surface area contributed by atoms with Gasteiger partial charge in [-0.1, -0.05) is 12.1 Å². The monoisotopic (exact) mass is 269 g/mol. The molecule has 0 unspecified atom stereocenters. The molecular formula is C14H11N3OS. The lowest BCUT2D eigenvalue weighted by molar-refractivity contribution is -0.114. The number of thiophene rings is 1. The number of carbonyl (C=O) groups excluding carboxylic acids is 1. The third-order valence-corrected chi connectivity index (χ3v) is 3.54. The molecule has 0 radical (unpaired) electrons. The first-order chi connectivity index (χ1) is 9.24. The lowest BCUT2D eigenvalue weighted by Crippen LogP contribution is -2.05. The fraction of sp³-hybridized carbons (Fsp3) is 0.0714. The first-order valence-electron chi connectivity index (χ1n) is 5.80. The van der Waals surface area contributed by atoms with E-state index >= 15 is 0 Å². The summed E-state index contributed by atoms with van der Waals surface area (Å²) in [6.45, 7) is 1.49. The zero-order chi connectivity index (χ0) is 13.2. The summed E-state index contributed by atoms with van der Waals surface area (Å²) in [5.41, 5.74) is 2.63. The van der Waals surface area contributed by atoms with Gasteiger partial charge in [-0.25, -0.2) is 9.97 Å². The number of nitrogens with zero attached hydrogens (tertiary/aromatic N) is 2. The zero-order valence-corrected chi connectivity index (χ0v) is 11.1. The van der Waals surface area contributed by atoms with Crippen molar-refractivity contribution in [2.45, 2.75) is 6.92 Å². The average Bonchev–Trinajstić information content (AvgIpc) is 2.86. The molecule has 0 spiro atoms. The fourth-order valence-electron chi connectivity index (χ4n) is 1.97. The van der Waals surface area contributed by atoms with E-state index in [9.17, 15) is 4.79 Å². The molecular weight excluding hydrogens is 258 g/mol. The zero-order valence-electron chi connectivity index (χ0n) is 10.3. The molecule has 0 aliphatic carbocycles. The van der Waals surface area contributed by atoms with Crippen molar-refractivity contribution in [2.75, 3.05) is 5.32 Å². The van der Waals surface area contributed by atoms with Crippen LogP contribution >= 0.6 is 11.3 Å². The molecule has 1 aromatic carbocycles. The van der Waals surface area contributed by atoms with Crippen LogP contribution in [0.15, 0.2) is 42.0 Å². The number of fused-ring (bicyclic) bond motifs is 1. The van der Waals surface area contributed by atoms with Gasteiger partial charge in [-0.2, -0.15) is 0 Å². The van der Waals surface area contributed by atoms with Crippen LogP contribution in [0.5, 0.6) is 0 Å². The Hall–Kier alpha value is -2.27. The van der Waals surface area contributed by atoms with Crippen molar-refractivity contribution in [3.05, 3.63) is 42.0 Å². The Bertz CT molecular complexity index is 751. The molecule has 4 nitrogen and oxygen atoms in total. The van der Waals surface area contributed by atoms with Gasteiger partial charge >= 0.3 is 0 Å². The van der Waals surface area contributed by atoms with Crippen molar-refractivity contribution in [1.29, 1.82) is 0 Å². The number of anilines is 1. The molecule has 1 amide bonds. The van der Waals surface area contributed by atoms with Crippen molar-refractivity contribution < 1.29 is 4.79 Å². The molecule has 0 saturated heterocycles. The molecule has 0 fully saturated rings. The largest absolute Gasteiger partial charge is 0.326 e. The van der Waals surface area contributed by atoms with Gasteiger partial charge in [0, 0.05) is 23.6 Å². The normalized spacial score (nSPS) is 10.6. The molecule has 0 saturated carbocycles. The minimum atomic E-state index is -0.0829. The first kappa shape index (κ1) is 11.8. The van der Waals surface area contributed by atoms with E-state index in [0.29, 0.717) is 0 Å². The number of amides is 1. The summed E-state index contributed by atoms with van der Waals surface area (Å²) in [4.78, 5) is 20.7. The van der Waals surface area contributed by atoms with Crippen LogP contribution in [0.25, 0.3) is 21.5 Å². The van der Waals surface area contributed by atoms with Crippen molar-refractivity contribution in [3.63, 3.8) is 0 Å². The second-order valence-electron chi connectivity index (χ2n) is 4.12. The topological polar surface area (TPSA) is 54.9 Å². The van der Waals surface area contributed by atoms with Crippen LogP contribution in [0.2, 0.25) is 0 Å². The van der Waals surface area contributed by atoms with Gasteiger partial charge in [-0.15, -0.1) is 11.3 Å². The molecule has 0 bridgehead atoms. The van der Waals surface area contributed by atoms with Crippen LogP contribution in [-0.2, 0) is 4.79 Å². The predicted octanol–water partition coefficient (Wildman–Crippen LogP) is 3.32. The summed E-state index contributed by atoms with van der Waals surface area (Å²) in [5.74, 6) is -0.0829. The number of benzene rings is 1. The third-order valence-electron chi connectivity index (χ3n) is 2.72. The highest BCUT2D eigenvalue weighted by Gasteiger charge is 2.08. The molecule has 0 aliphatic rings. The maximum atomic E-state index is 11.1. The molecule has 94 valence electrons. The van der Waals surface area contributed by atoms with Crippen LogP contribution in [0.4, 0.5) is 5.69 Å². The molecule has 3 aromatic rings. The highest BCUT2D eigenvalue weighted by Crippen LogP contribution is 2.29. The SMILES string of the molecule is CC(=O)Nc1cccc(-c2ncnc3sccc23)c1. The lowest BCUT2D eigenvalue weighted by atomic mass is 10.1. The minimum absolute atomic E-state index is 0.0829. The molecule has 5 heteroatoms. The number of rotatable bonds is 2. The van der Waals surface area contributed by atoms with Gasteiger partial charge in [0.05, 0.1) is 5.69 Å². The number of aromatic nitrogens is 2. The van der Waals surface area contributed by atoms with Crippen LogP contribution in [-0.4, -0.2) is 15.9 Å². The van der Waals surface area contributed by atoms with Crippen molar-refractivity contribution in [1.82, 2.24) is 9.97 Å². The highest BCUT2D eigenvalue weighted by atomic mass is 32.1. The van der Waals surface area contributed by atoms with Gasteiger partial charge in [0.2, 0.25) is 5.91 Å². The molecule has 2 aromatic heterocycles. The number of hydrogen-bond acceptors (Lipinski definition) is 4. The van der Waals surface area contributed by atoms with Crippen LogP contribution in [0.1, 0.15) is 6.92 Å². The molecule has 0 aliphatic heterocycles. The van der Waals surface area contributed by atoms with Gasteiger partial charge < -0.3 is 5.32 Å². The second kappa shape index (κ2) is 4.78. The summed E-state index contributed by atoms with van der Waals surface area (Å²) in [5, 5.41) is 5.81. The standard InChI is InChI=1S/C14H11N3OS/c1-9(18)17-11-4-2-3-10(7-11)13-12-5-6-19-14(12)16-8-15-13/h2-8H,1H3,(H,17,18). The van der Waals surface area contributed by atoms with Crippen LogP contribution < -0.4 is 5.32 Å². The highest BCUT2D eigenvalue weighted by molar-refractivity contribution is 7.16. The van der Waals surface area contributed by atoms with E-state index in [1.807, 2.05) is 35.7 Å². The molecule has 0 atom stereocenters. The summed E-state index contributed by atoms with van der Waals surface area (Å²) < 4.78 is 0. The Balaban J connectivity index is 2.11. The summed E-state index contributed by atoms with van der Waals surface area (Å²) in [7, 11) is 0. The molecule has 19 heavy (non-hydrogen) atoms. The van der Waals surface area contributed by atoms with Gasteiger partial charge in [0.15, 0.2) is 0 Å². The number of carbonyl (C=O) groups is 1. The average molecular weight is 269 g/mol. The Labute approximate surface area is 114 Å². The van der Waals surface area contributed by atoms with Gasteiger partial charge in [-0.3, -0.25) is 4.79 Å². The van der Waals surface area contributed by atoms with E-state index in [4.69, 9.17) is 0 Å². The van der Waals surface area contributed by atoms with E-state index < -0.39 is 0 Å². The van der Waals surface area contributed by atoms with Crippen molar-refractivity contribution in [2.24, 2.45) is 0 Å². The first-order valence-corrected chi connectivity index (χ1v) is 6.68. The maximum absolute atomic E-state index is 11.1. The number of hydrogen-bond donors (Lipinski definition) is 1. The third kappa shape index (κ3) is 2.32. The summed E-state index contributed by atoms with van der Waals surface area (Å²) in [6, 6.07) is 9.67.